The number of anilines is 1. The van der Waals surface area contributed by atoms with E-state index in [1.165, 1.54) is 4.90 Å². The van der Waals surface area contributed by atoms with E-state index < -0.39 is 12.0 Å². The number of nitrogens with zero attached hydrogens (tertiary/aromatic N) is 1. The average Bonchev–Trinajstić information content (AvgIpc) is 2.46. The molecule has 0 heterocycles. The van der Waals surface area contributed by atoms with E-state index in [1.807, 2.05) is 37.4 Å². The average molecular weight is 310 g/mol. The van der Waals surface area contributed by atoms with Crippen LogP contribution >= 0.6 is 11.8 Å². The molecule has 21 heavy (non-hydrogen) atoms. The van der Waals surface area contributed by atoms with Crippen LogP contribution in [0.4, 0.5) is 5.69 Å². The molecular weight excluding hydrogens is 288 g/mol. The van der Waals surface area contributed by atoms with Gasteiger partial charge in [-0.1, -0.05) is 17.7 Å². The first-order valence-electron chi connectivity index (χ1n) is 6.80. The first-order valence-corrected chi connectivity index (χ1v) is 8.19. The molecule has 0 fully saturated rings. The molecular formula is C15H22N2O3S. The number of carboxylic acids is 1. The van der Waals surface area contributed by atoms with Gasteiger partial charge in [-0.3, -0.25) is 9.59 Å². The molecule has 1 aromatic rings. The van der Waals surface area contributed by atoms with Crippen LogP contribution in [0.3, 0.4) is 0 Å². The van der Waals surface area contributed by atoms with Crippen LogP contribution in [0.1, 0.15) is 18.4 Å². The van der Waals surface area contributed by atoms with E-state index in [0.717, 1.165) is 11.3 Å². The molecule has 0 bridgehead atoms. The van der Waals surface area contributed by atoms with Crippen molar-refractivity contribution in [2.24, 2.45) is 5.73 Å². The molecule has 0 aliphatic heterocycles. The molecule has 116 valence electrons. The van der Waals surface area contributed by atoms with Crippen molar-refractivity contribution in [1.29, 1.82) is 0 Å². The second kappa shape index (κ2) is 8.69. The number of carbonyl (C=O) groups is 2. The van der Waals surface area contributed by atoms with Gasteiger partial charge in [0.15, 0.2) is 0 Å². The molecule has 1 aromatic carbocycles. The highest BCUT2D eigenvalue weighted by Crippen LogP contribution is 2.17. The van der Waals surface area contributed by atoms with Crippen LogP contribution in [-0.4, -0.2) is 41.6 Å². The highest BCUT2D eigenvalue weighted by Gasteiger charge is 2.22. The highest BCUT2D eigenvalue weighted by atomic mass is 32.2. The first kappa shape index (κ1) is 17.5. The summed E-state index contributed by atoms with van der Waals surface area (Å²) in [5, 5.41) is 8.84. The zero-order chi connectivity index (χ0) is 15.8. The van der Waals surface area contributed by atoms with E-state index in [0.29, 0.717) is 12.1 Å². The van der Waals surface area contributed by atoms with Crippen LogP contribution in [-0.2, 0) is 9.59 Å². The standard InChI is InChI=1S/C15H22N2O3S/c1-11-3-5-12(6-4-11)17(9-7-14(18)19)15(20)13(16)8-10-21-2/h3-6,13H,7-10,16H2,1-2H3,(H,18,19)/t13-/m0/s1. The maximum atomic E-state index is 12.4. The van der Waals surface area contributed by atoms with Crippen molar-refractivity contribution in [2.45, 2.75) is 25.8 Å². The lowest BCUT2D eigenvalue weighted by molar-refractivity contribution is -0.136. The molecule has 1 rings (SSSR count). The van der Waals surface area contributed by atoms with Gasteiger partial charge in [0.25, 0.3) is 0 Å². The molecule has 0 unspecified atom stereocenters. The van der Waals surface area contributed by atoms with E-state index in [4.69, 9.17) is 10.8 Å². The van der Waals surface area contributed by atoms with Crippen LogP contribution < -0.4 is 10.6 Å². The summed E-state index contributed by atoms with van der Waals surface area (Å²) < 4.78 is 0. The molecule has 0 spiro atoms. The van der Waals surface area contributed by atoms with E-state index in [1.54, 1.807) is 11.8 Å². The van der Waals surface area contributed by atoms with Crippen LogP contribution in [0.25, 0.3) is 0 Å². The SMILES string of the molecule is CSCC[C@H](N)C(=O)N(CCC(=O)O)c1ccc(C)cc1. The third kappa shape index (κ3) is 5.77. The van der Waals surface area contributed by atoms with Gasteiger partial charge in [0, 0.05) is 12.2 Å². The third-order valence-electron chi connectivity index (χ3n) is 3.11. The lowest BCUT2D eigenvalue weighted by atomic mass is 10.1. The number of rotatable bonds is 8. The number of carbonyl (C=O) groups excluding carboxylic acids is 1. The Morgan fingerprint density at radius 1 is 1.33 bits per heavy atom. The number of hydrogen-bond donors (Lipinski definition) is 2. The van der Waals surface area contributed by atoms with E-state index in [-0.39, 0.29) is 18.9 Å². The van der Waals surface area contributed by atoms with Crippen molar-refractivity contribution in [1.82, 2.24) is 0 Å². The molecule has 6 heteroatoms. The van der Waals surface area contributed by atoms with Crippen molar-refractivity contribution >= 4 is 29.3 Å². The quantitative estimate of drug-likeness (QED) is 0.766. The van der Waals surface area contributed by atoms with Gasteiger partial charge in [0.05, 0.1) is 12.5 Å². The minimum Gasteiger partial charge on any atom is -0.481 e. The Balaban J connectivity index is 2.87. The fourth-order valence-electron chi connectivity index (χ4n) is 1.87. The number of carboxylic acid groups (broad SMARTS) is 1. The summed E-state index contributed by atoms with van der Waals surface area (Å²) in [6.07, 6.45) is 2.43. The number of aliphatic carboxylic acids is 1. The Morgan fingerprint density at radius 2 is 1.95 bits per heavy atom. The van der Waals surface area contributed by atoms with Gasteiger partial charge in [0.1, 0.15) is 0 Å². The van der Waals surface area contributed by atoms with Crippen LogP contribution in [0, 0.1) is 6.92 Å². The van der Waals surface area contributed by atoms with Gasteiger partial charge >= 0.3 is 5.97 Å². The zero-order valence-corrected chi connectivity index (χ0v) is 13.2. The molecule has 0 aliphatic carbocycles. The van der Waals surface area contributed by atoms with Crippen LogP contribution in [0.2, 0.25) is 0 Å². The molecule has 1 atom stereocenters. The second-order valence-corrected chi connectivity index (χ2v) is 5.84. The molecule has 0 aromatic heterocycles. The molecule has 0 aliphatic rings. The Hall–Kier alpha value is -1.53. The largest absolute Gasteiger partial charge is 0.481 e. The summed E-state index contributed by atoms with van der Waals surface area (Å²) in [6, 6.07) is 6.81. The number of hydrogen-bond acceptors (Lipinski definition) is 4. The Morgan fingerprint density at radius 3 is 2.48 bits per heavy atom. The number of thioether (sulfide) groups is 1. The van der Waals surface area contributed by atoms with Gasteiger partial charge in [-0.15, -0.1) is 0 Å². The molecule has 3 N–H and O–H groups in total. The Labute approximate surface area is 129 Å². The maximum absolute atomic E-state index is 12.4. The van der Waals surface area contributed by atoms with Crippen molar-refractivity contribution in [3.05, 3.63) is 29.8 Å². The minimum atomic E-state index is -0.933. The number of nitrogens with two attached hydrogens (primary N) is 1. The third-order valence-corrected chi connectivity index (χ3v) is 3.76. The monoisotopic (exact) mass is 310 g/mol. The number of amides is 1. The molecule has 1 amide bonds. The van der Waals surface area contributed by atoms with E-state index >= 15 is 0 Å². The summed E-state index contributed by atoms with van der Waals surface area (Å²) in [7, 11) is 0. The normalized spacial score (nSPS) is 12.0. The summed E-state index contributed by atoms with van der Waals surface area (Å²) in [5.74, 6) is -0.361. The Kier molecular flexibility index (Phi) is 7.25. The molecule has 5 nitrogen and oxygen atoms in total. The van der Waals surface area contributed by atoms with Gasteiger partial charge in [-0.05, 0) is 37.5 Å². The van der Waals surface area contributed by atoms with Crippen molar-refractivity contribution in [3.63, 3.8) is 0 Å². The fourth-order valence-corrected chi connectivity index (χ4v) is 2.36. The lowest BCUT2D eigenvalue weighted by Crippen LogP contribution is -2.45. The topological polar surface area (TPSA) is 83.6 Å². The predicted molar refractivity (Wildman–Crippen MR) is 86.8 cm³/mol. The van der Waals surface area contributed by atoms with Crippen molar-refractivity contribution in [3.8, 4) is 0 Å². The van der Waals surface area contributed by atoms with Crippen molar-refractivity contribution < 1.29 is 14.7 Å². The van der Waals surface area contributed by atoms with E-state index in [2.05, 4.69) is 0 Å². The van der Waals surface area contributed by atoms with Gasteiger partial charge < -0.3 is 15.7 Å². The maximum Gasteiger partial charge on any atom is 0.305 e. The second-order valence-electron chi connectivity index (χ2n) is 4.86. The smallest absolute Gasteiger partial charge is 0.305 e. The number of benzene rings is 1. The van der Waals surface area contributed by atoms with Crippen molar-refractivity contribution in [2.75, 3.05) is 23.5 Å². The zero-order valence-electron chi connectivity index (χ0n) is 12.4. The summed E-state index contributed by atoms with van der Waals surface area (Å²) in [4.78, 5) is 24.7. The van der Waals surface area contributed by atoms with Gasteiger partial charge in [-0.2, -0.15) is 11.8 Å². The summed E-state index contributed by atoms with van der Waals surface area (Å²) in [5.41, 5.74) is 7.69. The van der Waals surface area contributed by atoms with Gasteiger partial charge in [0.2, 0.25) is 5.91 Å². The molecule has 0 saturated carbocycles. The van der Waals surface area contributed by atoms with E-state index in [9.17, 15) is 9.59 Å². The lowest BCUT2D eigenvalue weighted by Gasteiger charge is -2.25. The van der Waals surface area contributed by atoms with Crippen LogP contribution in [0.15, 0.2) is 24.3 Å². The van der Waals surface area contributed by atoms with Crippen LogP contribution in [0.5, 0.6) is 0 Å². The predicted octanol–water partition coefficient (Wildman–Crippen LogP) is 1.88. The molecule has 0 radical (unpaired) electrons. The first-order chi connectivity index (χ1) is 9.95. The Bertz CT molecular complexity index is 476. The summed E-state index contributed by atoms with van der Waals surface area (Å²) >= 11 is 1.63. The summed E-state index contributed by atoms with van der Waals surface area (Å²) in [6.45, 7) is 2.08. The molecule has 0 saturated heterocycles. The highest BCUT2D eigenvalue weighted by molar-refractivity contribution is 7.98. The minimum absolute atomic E-state index is 0.102. The number of aryl methyl sites for hydroxylation is 1. The van der Waals surface area contributed by atoms with Gasteiger partial charge in [-0.25, -0.2) is 0 Å². The fraction of sp³-hybridized carbons (Fsp3) is 0.467.